The quantitative estimate of drug-likeness (QED) is 0.856. The van der Waals surface area contributed by atoms with Crippen molar-refractivity contribution in [1.29, 1.82) is 0 Å². The molecule has 102 valence electrons. The first-order chi connectivity index (χ1) is 8.19. The molecule has 0 aliphatic rings. The van der Waals surface area contributed by atoms with Crippen LogP contribution in [-0.4, -0.2) is 22.5 Å². The Morgan fingerprint density at radius 3 is 2.44 bits per heavy atom. The molecular formula is C12H16F3NOS. The van der Waals surface area contributed by atoms with Crippen molar-refractivity contribution in [1.82, 2.24) is 0 Å². The molecule has 0 fully saturated rings. The summed E-state index contributed by atoms with van der Waals surface area (Å²) in [6.45, 7) is 5.50. The fraction of sp³-hybridized carbons (Fsp3) is 0.500. The predicted octanol–water partition coefficient (Wildman–Crippen LogP) is 3.49. The molecule has 0 amide bonds. The lowest BCUT2D eigenvalue weighted by Gasteiger charge is -2.16. The maximum Gasteiger partial charge on any atom is 0.433 e. The lowest BCUT2D eigenvalue weighted by atomic mass is 10.2. The van der Waals surface area contributed by atoms with Crippen LogP contribution in [0.15, 0.2) is 23.1 Å². The molecule has 0 saturated carbocycles. The van der Waals surface area contributed by atoms with Gasteiger partial charge in [-0.05, 0) is 38.0 Å². The highest BCUT2D eigenvalue weighted by molar-refractivity contribution is 7.91. The number of benzene rings is 1. The highest BCUT2D eigenvalue weighted by Gasteiger charge is 2.36. The molecule has 0 bridgehead atoms. The van der Waals surface area contributed by atoms with Crippen LogP contribution < -0.4 is 5.32 Å². The highest BCUT2D eigenvalue weighted by atomic mass is 32.2. The van der Waals surface area contributed by atoms with Gasteiger partial charge >= 0.3 is 6.18 Å². The summed E-state index contributed by atoms with van der Waals surface area (Å²) in [5, 5.41) is 3.07. The molecule has 2 nitrogen and oxygen atoms in total. The zero-order valence-electron chi connectivity index (χ0n) is 10.5. The van der Waals surface area contributed by atoms with Gasteiger partial charge in [-0.25, -0.2) is 0 Å². The van der Waals surface area contributed by atoms with Gasteiger partial charge in [0.1, 0.15) is 0 Å². The van der Waals surface area contributed by atoms with E-state index in [9.17, 15) is 17.7 Å². The molecule has 18 heavy (non-hydrogen) atoms. The predicted molar refractivity (Wildman–Crippen MR) is 67.3 cm³/mol. The van der Waals surface area contributed by atoms with Crippen LogP contribution in [0.1, 0.15) is 19.4 Å². The number of rotatable bonds is 4. The van der Waals surface area contributed by atoms with E-state index in [-0.39, 0.29) is 10.9 Å². The summed E-state index contributed by atoms with van der Waals surface area (Å²) in [5.74, 6) is -1.31. The van der Waals surface area contributed by atoms with Gasteiger partial charge in [0.25, 0.3) is 0 Å². The van der Waals surface area contributed by atoms with Crippen molar-refractivity contribution >= 4 is 16.9 Å². The van der Waals surface area contributed by atoms with Crippen LogP contribution in [0.3, 0.4) is 0 Å². The Morgan fingerprint density at radius 1 is 1.33 bits per heavy atom. The summed E-state index contributed by atoms with van der Waals surface area (Å²) < 4.78 is 48.4. The lowest BCUT2D eigenvalue weighted by molar-refractivity contribution is -0.106. The summed E-state index contributed by atoms with van der Waals surface area (Å²) in [6, 6.07) is 5.13. The number of hydrogen-bond acceptors (Lipinski definition) is 2. The van der Waals surface area contributed by atoms with E-state index in [0.717, 1.165) is 0 Å². The van der Waals surface area contributed by atoms with Gasteiger partial charge in [0.2, 0.25) is 5.75 Å². The van der Waals surface area contributed by atoms with Crippen LogP contribution >= 0.6 is 0 Å². The Labute approximate surface area is 108 Å². The maximum absolute atomic E-state index is 12.2. The second-order valence-electron chi connectivity index (χ2n) is 4.38. The van der Waals surface area contributed by atoms with Crippen LogP contribution in [0.2, 0.25) is 0 Å². The van der Waals surface area contributed by atoms with Crippen LogP contribution in [0.5, 0.6) is 0 Å². The van der Waals surface area contributed by atoms with Gasteiger partial charge in [-0.15, -0.1) is 0 Å². The standard InChI is InChI=1S/C12H16F3NOS/c1-8(2)16-10-5-4-9(3)11(6-10)18(17)7-12(13,14)15/h4-6,8,16H,7H2,1-3H3. The Bertz CT molecular complexity index is 407. The summed E-state index contributed by atoms with van der Waals surface area (Å²) >= 11 is -2.05. The monoisotopic (exact) mass is 279 g/mol. The highest BCUT2D eigenvalue weighted by Crippen LogP contribution is 2.26. The van der Waals surface area contributed by atoms with Gasteiger partial charge in [0.15, 0.2) is 4.90 Å². The van der Waals surface area contributed by atoms with E-state index in [2.05, 4.69) is 5.32 Å². The topological polar surface area (TPSA) is 35.1 Å². The lowest BCUT2D eigenvalue weighted by Crippen LogP contribution is -2.23. The van der Waals surface area contributed by atoms with Gasteiger partial charge < -0.3 is 9.87 Å². The molecule has 1 aromatic rings. The van der Waals surface area contributed by atoms with Gasteiger partial charge in [-0.1, -0.05) is 6.07 Å². The number of alkyl halides is 3. The minimum absolute atomic E-state index is 0.164. The molecule has 1 aromatic carbocycles. The fourth-order valence-corrected chi connectivity index (χ4v) is 2.63. The van der Waals surface area contributed by atoms with Crippen molar-refractivity contribution in [2.75, 3.05) is 11.1 Å². The van der Waals surface area contributed by atoms with Gasteiger partial charge in [-0.2, -0.15) is 13.2 Å². The molecule has 1 rings (SSSR count). The Morgan fingerprint density at radius 2 is 1.94 bits per heavy atom. The van der Waals surface area contributed by atoms with E-state index in [4.69, 9.17) is 0 Å². The SMILES string of the molecule is Cc1ccc(NC(C)C)cc1[S+]([O-])CC(F)(F)F. The van der Waals surface area contributed by atoms with Crippen LogP contribution in [0, 0.1) is 6.92 Å². The molecule has 1 N–H and O–H groups in total. The molecule has 0 aliphatic heterocycles. The third-order valence-electron chi connectivity index (χ3n) is 2.18. The summed E-state index contributed by atoms with van der Waals surface area (Å²) in [5.41, 5.74) is 1.29. The van der Waals surface area contributed by atoms with Crippen molar-refractivity contribution in [2.24, 2.45) is 0 Å². The summed E-state index contributed by atoms with van der Waals surface area (Å²) in [6.07, 6.45) is -4.42. The first-order valence-corrected chi connectivity index (χ1v) is 6.83. The Hall–Kier alpha value is -0.880. The zero-order valence-corrected chi connectivity index (χ0v) is 11.3. The van der Waals surface area contributed by atoms with Crippen molar-refractivity contribution in [2.45, 2.75) is 37.9 Å². The molecule has 0 saturated heterocycles. The average molecular weight is 279 g/mol. The van der Waals surface area contributed by atoms with Crippen molar-refractivity contribution < 1.29 is 17.7 Å². The molecular weight excluding hydrogens is 263 g/mol. The molecule has 1 atom stereocenters. The second-order valence-corrected chi connectivity index (χ2v) is 5.80. The summed E-state index contributed by atoms with van der Waals surface area (Å²) in [7, 11) is 0. The normalized spacial score (nSPS) is 13.8. The van der Waals surface area contributed by atoms with Gasteiger partial charge in [0.05, 0.1) is 0 Å². The van der Waals surface area contributed by atoms with E-state index in [1.807, 2.05) is 13.8 Å². The van der Waals surface area contributed by atoms with Gasteiger partial charge in [0, 0.05) is 23.4 Å². The smallest absolute Gasteiger partial charge is 0.433 e. The Balaban J connectivity index is 2.93. The number of hydrogen-bond donors (Lipinski definition) is 1. The number of halogens is 3. The van der Waals surface area contributed by atoms with Crippen molar-refractivity contribution in [3.05, 3.63) is 23.8 Å². The number of anilines is 1. The van der Waals surface area contributed by atoms with Crippen LogP contribution in [0.4, 0.5) is 18.9 Å². The molecule has 0 spiro atoms. The van der Waals surface area contributed by atoms with E-state index in [1.54, 1.807) is 19.1 Å². The van der Waals surface area contributed by atoms with E-state index in [1.165, 1.54) is 6.07 Å². The van der Waals surface area contributed by atoms with E-state index < -0.39 is 23.1 Å². The minimum atomic E-state index is -4.42. The zero-order chi connectivity index (χ0) is 13.9. The fourth-order valence-electron chi connectivity index (χ4n) is 1.49. The molecule has 0 aromatic heterocycles. The number of aryl methyl sites for hydroxylation is 1. The van der Waals surface area contributed by atoms with Crippen LogP contribution in [-0.2, 0) is 11.2 Å². The number of nitrogens with one attached hydrogen (secondary N) is 1. The third-order valence-corrected chi connectivity index (χ3v) is 3.70. The average Bonchev–Trinajstić information content (AvgIpc) is 2.17. The minimum Gasteiger partial charge on any atom is -0.611 e. The first-order valence-electron chi connectivity index (χ1n) is 5.51. The Kier molecular flexibility index (Phi) is 4.92. The molecule has 0 heterocycles. The first kappa shape index (κ1) is 15.2. The van der Waals surface area contributed by atoms with E-state index in [0.29, 0.717) is 11.3 Å². The second kappa shape index (κ2) is 5.84. The van der Waals surface area contributed by atoms with Crippen molar-refractivity contribution in [3.63, 3.8) is 0 Å². The molecule has 0 radical (unpaired) electrons. The maximum atomic E-state index is 12.2. The largest absolute Gasteiger partial charge is 0.611 e. The molecule has 6 heteroatoms. The molecule has 0 aliphatic carbocycles. The van der Waals surface area contributed by atoms with Crippen molar-refractivity contribution in [3.8, 4) is 0 Å². The van der Waals surface area contributed by atoms with E-state index >= 15 is 0 Å². The third kappa shape index (κ3) is 4.78. The van der Waals surface area contributed by atoms with Crippen LogP contribution in [0.25, 0.3) is 0 Å². The molecule has 1 unspecified atom stereocenters. The summed E-state index contributed by atoms with van der Waals surface area (Å²) in [4.78, 5) is 0.234. The van der Waals surface area contributed by atoms with Gasteiger partial charge in [-0.3, -0.25) is 0 Å².